The van der Waals surface area contributed by atoms with Gasteiger partial charge in [-0.15, -0.1) is 0 Å². The maximum absolute atomic E-state index is 5.70. The van der Waals surface area contributed by atoms with Crippen molar-refractivity contribution in [2.45, 2.75) is 6.92 Å². The first-order valence-corrected chi connectivity index (χ1v) is 4.57. The molecule has 64 valence electrons. The van der Waals surface area contributed by atoms with Crippen molar-refractivity contribution < 1.29 is 0 Å². The van der Waals surface area contributed by atoms with E-state index in [0.29, 0.717) is 0 Å². The molecule has 1 rings (SSSR count). The molecule has 0 saturated carbocycles. The number of nitrogens with one attached hydrogen (secondary N) is 1. The summed E-state index contributed by atoms with van der Waals surface area (Å²) in [5, 5.41) is 4.69. The van der Waals surface area contributed by atoms with E-state index in [4.69, 9.17) is 11.6 Å². The summed E-state index contributed by atoms with van der Waals surface area (Å²) >= 11 is 8.91. The molecule has 0 aliphatic rings. The SMILES string of the molecule is C/C(Br)=N\Nc1ccc(Cl)cc1. The van der Waals surface area contributed by atoms with Crippen LogP contribution in [0.25, 0.3) is 0 Å². The number of halogens is 2. The average Bonchev–Trinajstić information content (AvgIpc) is 2.03. The first-order valence-electron chi connectivity index (χ1n) is 3.40. The fourth-order valence-corrected chi connectivity index (χ4v) is 0.881. The van der Waals surface area contributed by atoms with Crippen molar-refractivity contribution in [2.24, 2.45) is 5.10 Å². The molecule has 0 fully saturated rings. The number of benzene rings is 1. The molecule has 0 amide bonds. The number of hydrogen-bond acceptors (Lipinski definition) is 2. The summed E-state index contributed by atoms with van der Waals surface area (Å²) in [7, 11) is 0. The Bertz CT molecular complexity index is 278. The molecule has 0 unspecified atom stereocenters. The summed E-state index contributed by atoms with van der Waals surface area (Å²) in [6.45, 7) is 1.85. The van der Waals surface area contributed by atoms with Crippen LogP contribution in [0.15, 0.2) is 29.4 Å². The molecule has 1 aromatic carbocycles. The molecular formula is C8H8BrClN2. The second-order valence-electron chi connectivity index (χ2n) is 2.23. The molecule has 12 heavy (non-hydrogen) atoms. The molecule has 1 N–H and O–H groups in total. The predicted octanol–water partition coefficient (Wildman–Crippen LogP) is 3.48. The number of nitrogens with zero attached hydrogens (tertiary/aromatic N) is 1. The third-order valence-corrected chi connectivity index (χ3v) is 1.61. The molecule has 0 aliphatic carbocycles. The average molecular weight is 248 g/mol. The summed E-state index contributed by atoms with van der Waals surface area (Å²) in [5.74, 6) is 0. The van der Waals surface area contributed by atoms with E-state index in [2.05, 4.69) is 26.5 Å². The summed E-state index contributed by atoms with van der Waals surface area (Å²) in [6, 6.07) is 7.34. The van der Waals surface area contributed by atoms with Crippen LogP contribution in [0, 0.1) is 0 Å². The minimum Gasteiger partial charge on any atom is -0.278 e. The Morgan fingerprint density at radius 1 is 1.42 bits per heavy atom. The Kier molecular flexibility index (Phi) is 3.56. The van der Waals surface area contributed by atoms with Crippen LogP contribution in [0.3, 0.4) is 0 Å². The highest BCUT2D eigenvalue weighted by Gasteiger charge is 1.89. The van der Waals surface area contributed by atoms with Gasteiger partial charge in [0.2, 0.25) is 0 Å². The Morgan fingerprint density at radius 3 is 2.50 bits per heavy atom. The van der Waals surface area contributed by atoms with Gasteiger partial charge in [-0.1, -0.05) is 11.6 Å². The molecule has 0 atom stereocenters. The van der Waals surface area contributed by atoms with Crippen LogP contribution in [0.5, 0.6) is 0 Å². The van der Waals surface area contributed by atoms with Crippen LogP contribution >= 0.6 is 27.5 Å². The van der Waals surface area contributed by atoms with Crippen LogP contribution in [-0.2, 0) is 0 Å². The third-order valence-electron chi connectivity index (χ3n) is 1.18. The minimum absolute atomic E-state index is 0.722. The van der Waals surface area contributed by atoms with Crippen LogP contribution < -0.4 is 5.43 Å². The van der Waals surface area contributed by atoms with Crippen LogP contribution in [0.1, 0.15) is 6.92 Å². The molecule has 0 saturated heterocycles. The van der Waals surface area contributed by atoms with Gasteiger partial charge in [-0.05, 0) is 47.1 Å². The van der Waals surface area contributed by atoms with Gasteiger partial charge in [0.05, 0.1) is 5.69 Å². The van der Waals surface area contributed by atoms with Gasteiger partial charge in [0.15, 0.2) is 0 Å². The minimum atomic E-state index is 0.722. The number of rotatable bonds is 2. The van der Waals surface area contributed by atoms with Crippen LogP contribution in [0.2, 0.25) is 5.02 Å². The van der Waals surface area contributed by atoms with E-state index in [9.17, 15) is 0 Å². The normalized spacial score (nSPS) is 11.4. The lowest BCUT2D eigenvalue weighted by Crippen LogP contribution is -1.89. The highest BCUT2D eigenvalue weighted by atomic mass is 79.9. The van der Waals surface area contributed by atoms with Gasteiger partial charge in [-0.25, -0.2) is 0 Å². The fraction of sp³-hybridized carbons (Fsp3) is 0.125. The number of hydrogen-bond donors (Lipinski definition) is 1. The molecule has 0 aromatic heterocycles. The van der Waals surface area contributed by atoms with E-state index < -0.39 is 0 Å². The van der Waals surface area contributed by atoms with Gasteiger partial charge in [0.25, 0.3) is 0 Å². The van der Waals surface area contributed by atoms with Crippen molar-refractivity contribution in [2.75, 3.05) is 5.43 Å². The van der Waals surface area contributed by atoms with Crippen molar-refractivity contribution in [1.29, 1.82) is 0 Å². The Labute approximate surface area is 84.7 Å². The zero-order valence-electron chi connectivity index (χ0n) is 6.51. The molecule has 0 radical (unpaired) electrons. The Hall–Kier alpha value is -0.540. The van der Waals surface area contributed by atoms with E-state index in [1.54, 1.807) is 0 Å². The second kappa shape index (κ2) is 4.48. The lowest BCUT2D eigenvalue weighted by atomic mass is 10.3. The lowest BCUT2D eigenvalue weighted by molar-refractivity contribution is 1.34. The van der Waals surface area contributed by atoms with Crippen molar-refractivity contribution in [3.63, 3.8) is 0 Å². The van der Waals surface area contributed by atoms with E-state index >= 15 is 0 Å². The van der Waals surface area contributed by atoms with Crippen molar-refractivity contribution in [1.82, 2.24) is 0 Å². The highest BCUT2D eigenvalue weighted by Crippen LogP contribution is 2.13. The molecule has 0 bridgehead atoms. The topological polar surface area (TPSA) is 24.4 Å². The molecule has 0 aliphatic heterocycles. The van der Waals surface area contributed by atoms with Crippen LogP contribution in [-0.4, -0.2) is 4.62 Å². The monoisotopic (exact) mass is 246 g/mol. The zero-order valence-corrected chi connectivity index (χ0v) is 8.85. The van der Waals surface area contributed by atoms with Gasteiger partial charge >= 0.3 is 0 Å². The molecule has 2 nitrogen and oxygen atoms in total. The zero-order chi connectivity index (χ0) is 8.97. The smallest absolute Gasteiger partial charge is 0.100 e. The van der Waals surface area contributed by atoms with Gasteiger partial charge < -0.3 is 0 Å². The quantitative estimate of drug-likeness (QED) is 0.628. The lowest BCUT2D eigenvalue weighted by Gasteiger charge is -1.99. The van der Waals surface area contributed by atoms with Gasteiger partial charge in [-0.2, -0.15) is 5.10 Å². The van der Waals surface area contributed by atoms with Gasteiger partial charge in [0, 0.05) is 5.02 Å². The van der Waals surface area contributed by atoms with Gasteiger partial charge in [0.1, 0.15) is 4.62 Å². The fourth-order valence-electron chi connectivity index (χ4n) is 0.666. The van der Waals surface area contributed by atoms with Crippen molar-refractivity contribution >= 4 is 37.8 Å². The van der Waals surface area contributed by atoms with Crippen molar-refractivity contribution in [3.05, 3.63) is 29.3 Å². The van der Waals surface area contributed by atoms with Crippen molar-refractivity contribution in [3.8, 4) is 0 Å². The van der Waals surface area contributed by atoms with Gasteiger partial charge in [-0.3, -0.25) is 5.43 Å². The summed E-state index contributed by atoms with van der Waals surface area (Å²) in [4.78, 5) is 0. The van der Waals surface area contributed by atoms with E-state index in [1.165, 1.54) is 0 Å². The Balaban J connectivity index is 2.65. The third kappa shape index (κ3) is 3.24. The molecular weight excluding hydrogens is 239 g/mol. The molecule has 1 aromatic rings. The summed E-state index contributed by atoms with van der Waals surface area (Å²) < 4.78 is 0.803. The molecule has 0 spiro atoms. The maximum Gasteiger partial charge on any atom is 0.100 e. The van der Waals surface area contributed by atoms with E-state index in [-0.39, 0.29) is 0 Å². The second-order valence-corrected chi connectivity index (χ2v) is 3.81. The standard InChI is InChI=1S/C8H8BrClN2/c1-6(9)11-12-8-4-2-7(10)3-5-8/h2-5,12H,1H3/b11-6+. The molecule has 0 heterocycles. The first kappa shape index (κ1) is 9.55. The number of anilines is 1. The van der Waals surface area contributed by atoms with Crippen LogP contribution in [0.4, 0.5) is 5.69 Å². The highest BCUT2D eigenvalue weighted by molar-refractivity contribution is 9.18. The first-order chi connectivity index (χ1) is 5.68. The maximum atomic E-state index is 5.70. The summed E-state index contributed by atoms with van der Waals surface area (Å²) in [5.41, 5.74) is 3.77. The molecule has 4 heteroatoms. The largest absolute Gasteiger partial charge is 0.278 e. The number of hydrazone groups is 1. The Morgan fingerprint density at radius 2 is 2.00 bits per heavy atom. The van der Waals surface area contributed by atoms with E-state index in [0.717, 1.165) is 15.3 Å². The predicted molar refractivity (Wildman–Crippen MR) is 57.1 cm³/mol. The van der Waals surface area contributed by atoms with E-state index in [1.807, 2.05) is 31.2 Å². The summed E-state index contributed by atoms with van der Waals surface area (Å²) in [6.07, 6.45) is 0.